The molecule has 0 atom stereocenters. The molecule has 0 saturated carbocycles. The molecule has 0 aliphatic heterocycles. The molecule has 0 bridgehead atoms. The number of ether oxygens (including phenoxy) is 2. The van der Waals surface area contributed by atoms with Crippen molar-refractivity contribution in [2.24, 2.45) is 0 Å². The van der Waals surface area contributed by atoms with Crippen molar-refractivity contribution >= 4 is 11.9 Å². The van der Waals surface area contributed by atoms with E-state index >= 15 is 0 Å². The van der Waals surface area contributed by atoms with Crippen LogP contribution in [0.1, 0.15) is 33.6 Å². The van der Waals surface area contributed by atoms with E-state index in [0.29, 0.717) is 6.42 Å². The van der Waals surface area contributed by atoms with Gasteiger partial charge in [-0.05, 0) is 32.8 Å². The van der Waals surface area contributed by atoms with Crippen molar-refractivity contribution < 1.29 is 19.1 Å². The lowest BCUT2D eigenvalue weighted by Crippen LogP contribution is -2.13. The van der Waals surface area contributed by atoms with E-state index in [1.807, 2.05) is 19.1 Å². The highest BCUT2D eigenvalue weighted by molar-refractivity contribution is 5.89. The second-order valence-corrected chi connectivity index (χ2v) is 3.03. The first-order valence-corrected chi connectivity index (χ1v) is 5.28. The van der Waals surface area contributed by atoms with Crippen LogP contribution in [0.4, 0.5) is 0 Å². The van der Waals surface area contributed by atoms with Crippen LogP contribution in [0.5, 0.6) is 0 Å². The molecule has 4 nitrogen and oxygen atoms in total. The third-order valence-electron chi connectivity index (χ3n) is 1.63. The second-order valence-electron chi connectivity index (χ2n) is 3.03. The van der Waals surface area contributed by atoms with Crippen LogP contribution >= 0.6 is 0 Å². The number of hydrogen-bond donors (Lipinski definition) is 0. The van der Waals surface area contributed by atoms with Crippen molar-refractivity contribution in [2.45, 2.75) is 33.6 Å². The molecule has 0 amide bonds. The van der Waals surface area contributed by atoms with Crippen molar-refractivity contribution in [1.82, 2.24) is 0 Å². The Kier molecular flexibility index (Phi) is 7.85. The second kappa shape index (κ2) is 8.71. The lowest BCUT2D eigenvalue weighted by atomic mass is 10.2. The Bertz CT molecular complexity index is 289. The molecular formula is C12H18O4. The maximum atomic E-state index is 11.4. The highest BCUT2D eigenvalue weighted by Gasteiger charge is 2.13. The first kappa shape index (κ1) is 14.4. The number of rotatable bonds is 6. The van der Waals surface area contributed by atoms with E-state index in [1.165, 1.54) is 6.92 Å². The Morgan fingerprint density at radius 2 is 1.94 bits per heavy atom. The number of carbonyl (C=O) groups excluding carboxylic acids is 2. The third kappa shape index (κ3) is 6.81. The van der Waals surface area contributed by atoms with Crippen LogP contribution in [0.3, 0.4) is 0 Å². The van der Waals surface area contributed by atoms with Crippen LogP contribution in [0.15, 0.2) is 24.0 Å². The molecule has 0 saturated heterocycles. The van der Waals surface area contributed by atoms with E-state index in [4.69, 9.17) is 9.47 Å². The molecule has 0 aromatic rings. The topological polar surface area (TPSA) is 52.6 Å². The molecule has 90 valence electrons. The maximum absolute atomic E-state index is 11.4. The normalized spacial score (nSPS) is 11.6. The molecule has 0 aromatic carbocycles. The molecule has 0 unspecified atom stereocenters. The molecule has 0 heterocycles. The Morgan fingerprint density at radius 1 is 1.25 bits per heavy atom. The van der Waals surface area contributed by atoms with Gasteiger partial charge >= 0.3 is 11.9 Å². The maximum Gasteiger partial charge on any atom is 0.374 e. The quantitative estimate of drug-likeness (QED) is 0.229. The van der Waals surface area contributed by atoms with Crippen molar-refractivity contribution in [2.75, 3.05) is 6.61 Å². The number of esters is 2. The fourth-order valence-electron chi connectivity index (χ4n) is 1.00. The molecule has 0 radical (unpaired) electrons. The van der Waals surface area contributed by atoms with Crippen LogP contribution in [0.25, 0.3) is 0 Å². The molecule has 0 aliphatic carbocycles. The van der Waals surface area contributed by atoms with Crippen LogP contribution in [-0.4, -0.2) is 18.5 Å². The van der Waals surface area contributed by atoms with Gasteiger partial charge in [0.25, 0.3) is 0 Å². The predicted octanol–water partition coefficient (Wildman–Crippen LogP) is 2.35. The molecule has 0 N–H and O–H groups in total. The minimum atomic E-state index is -0.599. The van der Waals surface area contributed by atoms with Gasteiger partial charge < -0.3 is 9.47 Å². The highest BCUT2D eigenvalue weighted by atomic mass is 16.6. The average Bonchev–Trinajstić information content (AvgIpc) is 2.22. The van der Waals surface area contributed by atoms with Crippen molar-refractivity contribution in [3.63, 3.8) is 0 Å². The van der Waals surface area contributed by atoms with E-state index in [1.54, 1.807) is 13.0 Å². The zero-order chi connectivity index (χ0) is 12.4. The summed E-state index contributed by atoms with van der Waals surface area (Å²) in [7, 11) is 0. The fraction of sp³-hybridized carbons (Fsp3) is 0.500. The smallest absolute Gasteiger partial charge is 0.374 e. The van der Waals surface area contributed by atoms with Crippen LogP contribution in [0, 0.1) is 0 Å². The molecule has 0 aromatic heterocycles. The lowest BCUT2D eigenvalue weighted by molar-refractivity contribution is -0.150. The van der Waals surface area contributed by atoms with Gasteiger partial charge in [-0.15, -0.1) is 0 Å². The van der Waals surface area contributed by atoms with Gasteiger partial charge in [-0.1, -0.05) is 12.2 Å². The molecular weight excluding hydrogens is 208 g/mol. The zero-order valence-corrected chi connectivity index (χ0v) is 9.99. The van der Waals surface area contributed by atoms with Gasteiger partial charge in [-0.3, -0.25) is 4.79 Å². The Hall–Kier alpha value is -1.58. The standard InChI is InChI=1S/C12H18O4/c1-4-6-7-8-9-11(16-10(3)13)12(14)15-5-2/h4,6,9H,5,7-8H2,1-3H3/b6-4+,11-9+. The van der Waals surface area contributed by atoms with Crippen LogP contribution in [0.2, 0.25) is 0 Å². The largest absolute Gasteiger partial charge is 0.460 e. The summed E-state index contributed by atoms with van der Waals surface area (Å²) in [5.74, 6) is -1.15. The number of hydrogen-bond acceptors (Lipinski definition) is 4. The van der Waals surface area contributed by atoms with Gasteiger partial charge in [0.05, 0.1) is 6.61 Å². The minimum Gasteiger partial charge on any atom is -0.460 e. The van der Waals surface area contributed by atoms with Crippen LogP contribution in [-0.2, 0) is 19.1 Å². The zero-order valence-electron chi connectivity index (χ0n) is 9.99. The van der Waals surface area contributed by atoms with E-state index in [-0.39, 0.29) is 12.4 Å². The lowest BCUT2D eigenvalue weighted by Gasteiger charge is -2.05. The summed E-state index contributed by atoms with van der Waals surface area (Å²) >= 11 is 0. The summed E-state index contributed by atoms with van der Waals surface area (Å²) in [5.41, 5.74) is 0. The minimum absolute atomic E-state index is 0.0288. The molecule has 16 heavy (non-hydrogen) atoms. The van der Waals surface area contributed by atoms with Gasteiger partial charge in [0.2, 0.25) is 5.76 Å². The average molecular weight is 226 g/mol. The predicted molar refractivity (Wildman–Crippen MR) is 60.5 cm³/mol. The number of allylic oxidation sites excluding steroid dienone is 3. The number of unbranched alkanes of at least 4 members (excludes halogenated alkanes) is 1. The molecule has 0 fully saturated rings. The Balaban J connectivity index is 4.39. The highest BCUT2D eigenvalue weighted by Crippen LogP contribution is 2.05. The number of carbonyl (C=O) groups is 2. The van der Waals surface area contributed by atoms with Gasteiger partial charge in [0.1, 0.15) is 0 Å². The summed E-state index contributed by atoms with van der Waals surface area (Å²) in [6.07, 6.45) is 6.88. The molecule has 0 rings (SSSR count). The van der Waals surface area contributed by atoms with Gasteiger partial charge in [0.15, 0.2) is 0 Å². The van der Waals surface area contributed by atoms with Gasteiger partial charge in [-0.2, -0.15) is 0 Å². The van der Waals surface area contributed by atoms with Crippen molar-refractivity contribution in [3.05, 3.63) is 24.0 Å². The first-order chi connectivity index (χ1) is 7.61. The first-order valence-electron chi connectivity index (χ1n) is 5.28. The van der Waals surface area contributed by atoms with E-state index < -0.39 is 11.9 Å². The summed E-state index contributed by atoms with van der Waals surface area (Å²) in [6, 6.07) is 0. The molecule has 0 aliphatic rings. The Labute approximate surface area is 95.9 Å². The van der Waals surface area contributed by atoms with Crippen molar-refractivity contribution in [3.8, 4) is 0 Å². The van der Waals surface area contributed by atoms with Crippen LogP contribution < -0.4 is 0 Å². The van der Waals surface area contributed by atoms with Gasteiger partial charge in [-0.25, -0.2) is 4.79 Å². The summed E-state index contributed by atoms with van der Waals surface area (Å²) in [5, 5.41) is 0. The van der Waals surface area contributed by atoms with E-state index in [2.05, 4.69) is 0 Å². The van der Waals surface area contributed by atoms with E-state index in [0.717, 1.165) is 6.42 Å². The van der Waals surface area contributed by atoms with Crippen molar-refractivity contribution in [1.29, 1.82) is 0 Å². The monoisotopic (exact) mass is 226 g/mol. The third-order valence-corrected chi connectivity index (χ3v) is 1.63. The Morgan fingerprint density at radius 3 is 2.44 bits per heavy atom. The SMILES string of the molecule is C/C=C/CC/C=C(/OC(C)=O)C(=O)OCC. The van der Waals surface area contributed by atoms with E-state index in [9.17, 15) is 9.59 Å². The molecule has 0 spiro atoms. The van der Waals surface area contributed by atoms with Gasteiger partial charge in [0, 0.05) is 6.92 Å². The summed E-state index contributed by atoms with van der Waals surface area (Å²) in [4.78, 5) is 22.1. The summed E-state index contributed by atoms with van der Waals surface area (Å²) < 4.78 is 9.53. The fourth-order valence-corrected chi connectivity index (χ4v) is 1.00. The summed E-state index contributed by atoms with van der Waals surface area (Å²) in [6.45, 7) is 5.12. The molecule has 4 heteroatoms.